The molecule has 0 aromatic heterocycles. The number of benzene rings is 1. The molecule has 0 unspecified atom stereocenters. The second kappa shape index (κ2) is 7.28. The lowest BCUT2D eigenvalue weighted by molar-refractivity contribution is 0.0356. The van der Waals surface area contributed by atoms with Crippen molar-refractivity contribution in [3.63, 3.8) is 0 Å². The lowest BCUT2D eigenvalue weighted by Crippen LogP contribution is -2.37. The Labute approximate surface area is 133 Å². The van der Waals surface area contributed by atoms with Crippen molar-refractivity contribution in [1.82, 2.24) is 4.90 Å². The molecule has 1 saturated carbocycles. The molecule has 3 heteroatoms. The molecule has 1 aliphatic heterocycles. The summed E-state index contributed by atoms with van der Waals surface area (Å²) in [7, 11) is 0. The predicted octanol–water partition coefficient (Wildman–Crippen LogP) is 2.40. The normalized spacial score (nSPS) is 22.8. The Bertz CT molecular complexity index is 521. The van der Waals surface area contributed by atoms with Crippen LogP contribution >= 0.6 is 0 Å². The van der Waals surface area contributed by atoms with Gasteiger partial charge in [0.05, 0.1) is 19.8 Å². The van der Waals surface area contributed by atoms with E-state index in [1.165, 1.54) is 12.8 Å². The summed E-state index contributed by atoms with van der Waals surface area (Å²) in [6.07, 6.45) is 4.53. The number of aliphatic hydroxyl groups is 1. The molecule has 0 radical (unpaired) electrons. The van der Waals surface area contributed by atoms with Gasteiger partial charge < -0.3 is 9.84 Å². The van der Waals surface area contributed by atoms with E-state index >= 15 is 0 Å². The molecular formula is C19H25NO2. The monoisotopic (exact) mass is 299 g/mol. The highest BCUT2D eigenvalue weighted by molar-refractivity contribution is 5.33. The molecule has 0 amide bonds. The fourth-order valence-electron chi connectivity index (χ4n) is 3.49. The number of hydrogen-bond acceptors (Lipinski definition) is 3. The summed E-state index contributed by atoms with van der Waals surface area (Å²) in [6, 6.07) is 9.96. The zero-order valence-corrected chi connectivity index (χ0v) is 13.1. The van der Waals surface area contributed by atoms with Crippen molar-refractivity contribution in [2.45, 2.75) is 31.3 Å². The molecule has 2 aliphatic rings. The largest absolute Gasteiger partial charge is 0.379 e. The van der Waals surface area contributed by atoms with E-state index in [4.69, 9.17) is 4.74 Å². The quantitative estimate of drug-likeness (QED) is 0.870. The fourth-order valence-corrected chi connectivity index (χ4v) is 3.49. The Morgan fingerprint density at radius 2 is 1.82 bits per heavy atom. The first kappa shape index (κ1) is 15.6. The molecule has 1 saturated heterocycles. The second-order valence-electron chi connectivity index (χ2n) is 6.30. The zero-order chi connectivity index (χ0) is 15.3. The van der Waals surface area contributed by atoms with Crippen LogP contribution in [0.3, 0.4) is 0 Å². The van der Waals surface area contributed by atoms with Gasteiger partial charge in [-0.25, -0.2) is 0 Å². The van der Waals surface area contributed by atoms with Crippen LogP contribution in [-0.4, -0.2) is 42.9 Å². The summed E-state index contributed by atoms with van der Waals surface area (Å²) in [6.45, 7) is 4.15. The third kappa shape index (κ3) is 3.52. The van der Waals surface area contributed by atoms with Gasteiger partial charge in [0.25, 0.3) is 0 Å². The standard InChI is InChI=1S/C19H25NO2/c21-19(18-9-4-5-10-18,17-7-2-1-3-8-17)11-6-12-20-13-15-22-16-14-20/h1-3,7-8,18,21H,4-5,9-10,12-16H2/t19-/m0/s1. The molecule has 1 N–H and O–H groups in total. The van der Waals surface area contributed by atoms with Crippen LogP contribution in [0.1, 0.15) is 31.2 Å². The Hall–Kier alpha value is -1.34. The van der Waals surface area contributed by atoms with E-state index in [-0.39, 0.29) is 5.92 Å². The van der Waals surface area contributed by atoms with Gasteiger partial charge in [-0.2, -0.15) is 0 Å². The third-order valence-electron chi connectivity index (χ3n) is 4.85. The molecular weight excluding hydrogens is 274 g/mol. The molecule has 22 heavy (non-hydrogen) atoms. The zero-order valence-electron chi connectivity index (χ0n) is 13.1. The van der Waals surface area contributed by atoms with Crippen LogP contribution in [0, 0.1) is 17.8 Å². The Kier molecular flexibility index (Phi) is 5.15. The first-order chi connectivity index (χ1) is 10.8. The van der Waals surface area contributed by atoms with Gasteiger partial charge in [0, 0.05) is 19.0 Å². The minimum absolute atomic E-state index is 0.257. The lowest BCUT2D eigenvalue weighted by atomic mass is 9.80. The van der Waals surface area contributed by atoms with Crippen LogP contribution in [0.25, 0.3) is 0 Å². The summed E-state index contributed by atoms with van der Waals surface area (Å²) in [4.78, 5) is 2.29. The molecule has 3 rings (SSSR count). The molecule has 1 aliphatic carbocycles. The molecule has 1 atom stereocenters. The van der Waals surface area contributed by atoms with Gasteiger partial charge in [0.1, 0.15) is 0 Å². The maximum absolute atomic E-state index is 11.3. The minimum Gasteiger partial charge on any atom is -0.379 e. The van der Waals surface area contributed by atoms with E-state index in [0.29, 0.717) is 6.54 Å². The number of morpholine rings is 1. The summed E-state index contributed by atoms with van der Waals surface area (Å²) >= 11 is 0. The van der Waals surface area contributed by atoms with Crippen LogP contribution in [0.15, 0.2) is 30.3 Å². The van der Waals surface area contributed by atoms with E-state index in [1.807, 2.05) is 30.3 Å². The van der Waals surface area contributed by atoms with Gasteiger partial charge in [0.15, 0.2) is 5.60 Å². The second-order valence-corrected chi connectivity index (χ2v) is 6.30. The maximum atomic E-state index is 11.3. The molecule has 1 aromatic carbocycles. The van der Waals surface area contributed by atoms with Crippen LogP contribution in [0.2, 0.25) is 0 Å². The van der Waals surface area contributed by atoms with Crippen LogP contribution in [0.4, 0.5) is 0 Å². The first-order valence-corrected chi connectivity index (χ1v) is 8.37. The summed E-state index contributed by atoms with van der Waals surface area (Å²) in [5.41, 5.74) is -0.0549. The minimum atomic E-state index is -0.996. The fraction of sp³-hybridized carbons (Fsp3) is 0.579. The highest BCUT2D eigenvalue weighted by Gasteiger charge is 2.38. The van der Waals surface area contributed by atoms with Crippen molar-refractivity contribution in [1.29, 1.82) is 0 Å². The van der Waals surface area contributed by atoms with Gasteiger partial charge in [-0.05, 0) is 18.4 Å². The van der Waals surface area contributed by atoms with E-state index < -0.39 is 5.60 Å². The van der Waals surface area contributed by atoms with Crippen molar-refractivity contribution in [3.05, 3.63) is 35.9 Å². The van der Waals surface area contributed by atoms with Crippen molar-refractivity contribution >= 4 is 0 Å². The lowest BCUT2D eigenvalue weighted by Gasteiger charge is -2.30. The van der Waals surface area contributed by atoms with Crippen molar-refractivity contribution in [2.75, 3.05) is 32.8 Å². The molecule has 0 bridgehead atoms. The van der Waals surface area contributed by atoms with Gasteiger partial charge in [0.2, 0.25) is 0 Å². The van der Waals surface area contributed by atoms with Gasteiger partial charge in [-0.3, -0.25) is 4.90 Å². The van der Waals surface area contributed by atoms with E-state index in [0.717, 1.165) is 44.7 Å². The molecule has 2 fully saturated rings. The van der Waals surface area contributed by atoms with Gasteiger partial charge in [-0.15, -0.1) is 0 Å². The number of ether oxygens (including phenoxy) is 1. The van der Waals surface area contributed by atoms with Crippen LogP contribution < -0.4 is 0 Å². The van der Waals surface area contributed by atoms with Gasteiger partial charge in [-0.1, -0.05) is 55.0 Å². The Morgan fingerprint density at radius 3 is 2.50 bits per heavy atom. The van der Waals surface area contributed by atoms with Crippen LogP contribution in [-0.2, 0) is 10.3 Å². The number of hydrogen-bond donors (Lipinski definition) is 1. The Morgan fingerprint density at radius 1 is 1.14 bits per heavy atom. The number of nitrogens with zero attached hydrogens (tertiary/aromatic N) is 1. The average Bonchev–Trinajstić information content (AvgIpc) is 3.12. The summed E-state index contributed by atoms with van der Waals surface area (Å²) in [5.74, 6) is 6.72. The molecule has 1 aromatic rings. The molecule has 1 heterocycles. The van der Waals surface area contributed by atoms with Gasteiger partial charge >= 0.3 is 0 Å². The Balaban J connectivity index is 1.77. The average molecular weight is 299 g/mol. The highest BCUT2D eigenvalue weighted by Crippen LogP contribution is 2.40. The predicted molar refractivity (Wildman–Crippen MR) is 87.3 cm³/mol. The first-order valence-electron chi connectivity index (χ1n) is 8.37. The molecule has 118 valence electrons. The van der Waals surface area contributed by atoms with E-state index in [9.17, 15) is 5.11 Å². The smallest absolute Gasteiger partial charge is 0.153 e. The van der Waals surface area contributed by atoms with Crippen molar-refractivity contribution in [2.24, 2.45) is 5.92 Å². The van der Waals surface area contributed by atoms with E-state index in [2.05, 4.69) is 16.7 Å². The maximum Gasteiger partial charge on any atom is 0.153 e. The van der Waals surface area contributed by atoms with Crippen LogP contribution in [0.5, 0.6) is 0 Å². The highest BCUT2D eigenvalue weighted by atomic mass is 16.5. The molecule has 3 nitrogen and oxygen atoms in total. The van der Waals surface area contributed by atoms with E-state index in [1.54, 1.807) is 0 Å². The number of rotatable bonds is 3. The molecule has 0 spiro atoms. The summed E-state index contributed by atoms with van der Waals surface area (Å²) < 4.78 is 5.36. The third-order valence-corrected chi connectivity index (χ3v) is 4.85. The topological polar surface area (TPSA) is 32.7 Å². The summed E-state index contributed by atoms with van der Waals surface area (Å²) in [5, 5.41) is 11.3. The van der Waals surface area contributed by atoms with Crippen molar-refractivity contribution in [3.8, 4) is 11.8 Å². The SMILES string of the molecule is O[C@@](C#CCN1CCOCC1)(c1ccccc1)C1CCCC1. The van der Waals surface area contributed by atoms with Crippen molar-refractivity contribution < 1.29 is 9.84 Å².